The van der Waals surface area contributed by atoms with Gasteiger partial charge in [0.15, 0.2) is 0 Å². The number of hydrogen-bond donors (Lipinski definition) is 2. The Morgan fingerprint density at radius 1 is 1.59 bits per heavy atom. The summed E-state index contributed by atoms with van der Waals surface area (Å²) < 4.78 is 5.63. The van der Waals surface area contributed by atoms with Gasteiger partial charge in [0.25, 0.3) is 0 Å². The summed E-state index contributed by atoms with van der Waals surface area (Å²) in [4.78, 5) is 10.9. The van der Waals surface area contributed by atoms with Gasteiger partial charge in [-0.25, -0.2) is 0 Å². The molecule has 0 saturated carbocycles. The third-order valence-corrected chi connectivity index (χ3v) is 3.15. The van der Waals surface area contributed by atoms with E-state index in [1.54, 1.807) is 12.1 Å². The van der Waals surface area contributed by atoms with Crippen LogP contribution in [0.4, 0.5) is 0 Å². The molecule has 1 heterocycles. The van der Waals surface area contributed by atoms with Gasteiger partial charge in [-0.15, -0.1) is 0 Å². The quantitative estimate of drug-likeness (QED) is 0.854. The van der Waals surface area contributed by atoms with Gasteiger partial charge in [-0.2, -0.15) is 0 Å². The molecular formula is C12H15ClN2O2. The maximum Gasteiger partial charge on any atom is 0.248 e. The molecule has 0 bridgehead atoms. The first-order chi connectivity index (χ1) is 8.16. The smallest absolute Gasteiger partial charge is 0.248 e. The molecular weight excluding hydrogens is 240 g/mol. The molecule has 5 heteroatoms. The van der Waals surface area contributed by atoms with Crippen molar-refractivity contribution in [3.63, 3.8) is 0 Å². The zero-order valence-electron chi connectivity index (χ0n) is 9.41. The van der Waals surface area contributed by atoms with E-state index in [0.29, 0.717) is 28.9 Å². The van der Waals surface area contributed by atoms with Crippen LogP contribution in [0.3, 0.4) is 0 Å². The van der Waals surface area contributed by atoms with E-state index >= 15 is 0 Å². The van der Waals surface area contributed by atoms with E-state index in [1.165, 1.54) is 6.07 Å². The predicted octanol–water partition coefficient (Wildman–Crippen LogP) is 1.43. The van der Waals surface area contributed by atoms with Gasteiger partial charge in [0.2, 0.25) is 5.91 Å². The molecule has 1 amide bonds. The van der Waals surface area contributed by atoms with E-state index < -0.39 is 5.91 Å². The van der Waals surface area contributed by atoms with Crippen LogP contribution in [0, 0.1) is 5.92 Å². The highest BCUT2D eigenvalue weighted by molar-refractivity contribution is 6.32. The molecule has 1 saturated heterocycles. The zero-order valence-corrected chi connectivity index (χ0v) is 10.2. The number of nitrogens with two attached hydrogens (primary N) is 1. The monoisotopic (exact) mass is 254 g/mol. The lowest BCUT2D eigenvalue weighted by Gasteiger charge is -2.12. The van der Waals surface area contributed by atoms with Gasteiger partial charge in [-0.3, -0.25) is 4.79 Å². The number of nitrogens with one attached hydrogen (secondary N) is 1. The van der Waals surface area contributed by atoms with Gasteiger partial charge >= 0.3 is 0 Å². The van der Waals surface area contributed by atoms with Crippen molar-refractivity contribution in [3.8, 4) is 5.75 Å². The van der Waals surface area contributed by atoms with Crippen LogP contribution in [0.15, 0.2) is 18.2 Å². The molecule has 17 heavy (non-hydrogen) atoms. The number of ether oxygens (including phenoxy) is 1. The van der Waals surface area contributed by atoms with Gasteiger partial charge in [-0.1, -0.05) is 11.6 Å². The van der Waals surface area contributed by atoms with Gasteiger partial charge < -0.3 is 15.8 Å². The first-order valence-corrected chi connectivity index (χ1v) is 5.97. The van der Waals surface area contributed by atoms with E-state index in [0.717, 1.165) is 19.5 Å². The normalized spacial score (nSPS) is 19.2. The van der Waals surface area contributed by atoms with E-state index in [9.17, 15) is 4.79 Å². The van der Waals surface area contributed by atoms with Gasteiger partial charge in [0.1, 0.15) is 5.75 Å². The summed E-state index contributed by atoms with van der Waals surface area (Å²) in [6.45, 7) is 2.67. The van der Waals surface area contributed by atoms with Crippen molar-refractivity contribution >= 4 is 17.5 Å². The van der Waals surface area contributed by atoms with E-state index in [2.05, 4.69) is 5.32 Å². The van der Waals surface area contributed by atoms with Crippen molar-refractivity contribution < 1.29 is 9.53 Å². The molecule has 0 aromatic heterocycles. The highest BCUT2D eigenvalue weighted by Crippen LogP contribution is 2.26. The standard InChI is InChI=1S/C12H15ClN2O2/c13-10-5-9(12(14)16)1-2-11(10)17-7-8-3-4-15-6-8/h1-2,5,8,15H,3-4,6-7H2,(H2,14,16). The van der Waals surface area contributed by atoms with Crippen molar-refractivity contribution in [2.75, 3.05) is 19.7 Å². The second kappa shape index (κ2) is 5.38. The summed E-state index contributed by atoms with van der Waals surface area (Å²) in [5, 5.41) is 3.70. The lowest BCUT2D eigenvalue weighted by molar-refractivity contribution is 0.100. The maximum absolute atomic E-state index is 10.9. The molecule has 1 aromatic carbocycles. The minimum atomic E-state index is -0.488. The third-order valence-electron chi connectivity index (χ3n) is 2.85. The lowest BCUT2D eigenvalue weighted by Crippen LogP contribution is -2.16. The van der Waals surface area contributed by atoms with E-state index in [4.69, 9.17) is 22.1 Å². The highest BCUT2D eigenvalue weighted by atomic mass is 35.5. The van der Waals surface area contributed by atoms with Gasteiger partial charge in [0.05, 0.1) is 11.6 Å². The van der Waals surface area contributed by atoms with E-state index in [1.807, 2.05) is 0 Å². The Morgan fingerprint density at radius 3 is 3.00 bits per heavy atom. The summed E-state index contributed by atoms with van der Waals surface area (Å²) in [6.07, 6.45) is 1.12. The fourth-order valence-corrected chi connectivity index (χ4v) is 2.07. The number of benzene rings is 1. The molecule has 4 nitrogen and oxygen atoms in total. The summed E-state index contributed by atoms with van der Waals surface area (Å²) in [6, 6.07) is 4.84. The van der Waals surface area contributed by atoms with Crippen molar-refractivity contribution in [1.29, 1.82) is 0 Å². The number of carbonyl (C=O) groups excluding carboxylic acids is 1. The Balaban J connectivity index is 1.98. The Labute approximate surface area is 105 Å². The van der Waals surface area contributed by atoms with Crippen molar-refractivity contribution in [1.82, 2.24) is 5.32 Å². The maximum atomic E-state index is 10.9. The predicted molar refractivity (Wildman–Crippen MR) is 66.4 cm³/mol. The van der Waals surface area contributed by atoms with Crippen LogP contribution in [0.2, 0.25) is 5.02 Å². The minimum Gasteiger partial charge on any atom is -0.492 e. The molecule has 1 fully saturated rings. The summed E-state index contributed by atoms with van der Waals surface area (Å²) in [5.41, 5.74) is 5.55. The first kappa shape index (κ1) is 12.2. The third kappa shape index (κ3) is 3.11. The van der Waals surface area contributed by atoms with Gasteiger partial charge in [0, 0.05) is 18.0 Å². The molecule has 1 aliphatic rings. The number of hydrogen-bond acceptors (Lipinski definition) is 3. The summed E-state index contributed by atoms with van der Waals surface area (Å²) in [5.74, 6) is 0.642. The van der Waals surface area contributed by atoms with Crippen LogP contribution >= 0.6 is 11.6 Å². The number of halogens is 1. The van der Waals surface area contributed by atoms with Crippen molar-refractivity contribution in [2.24, 2.45) is 11.7 Å². The number of amides is 1. The fourth-order valence-electron chi connectivity index (χ4n) is 1.84. The van der Waals surface area contributed by atoms with Crippen LogP contribution in [0.1, 0.15) is 16.8 Å². The Hall–Kier alpha value is -1.26. The molecule has 0 aliphatic carbocycles. The zero-order chi connectivity index (χ0) is 12.3. The molecule has 0 spiro atoms. The van der Waals surface area contributed by atoms with Crippen LogP contribution in [0.5, 0.6) is 5.75 Å². The van der Waals surface area contributed by atoms with E-state index in [-0.39, 0.29) is 0 Å². The first-order valence-electron chi connectivity index (χ1n) is 5.59. The molecule has 0 radical (unpaired) electrons. The Kier molecular flexibility index (Phi) is 3.86. The second-order valence-electron chi connectivity index (χ2n) is 4.18. The van der Waals surface area contributed by atoms with Gasteiger partial charge in [-0.05, 0) is 31.2 Å². The largest absolute Gasteiger partial charge is 0.492 e. The summed E-state index contributed by atoms with van der Waals surface area (Å²) in [7, 11) is 0. The fraction of sp³-hybridized carbons (Fsp3) is 0.417. The van der Waals surface area contributed by atoms with Crippen LogP contribution < -0.4 is 15.8 Å². The Bertz CT molecular complexity index is 417. The average molecular weight is 255 g/mol. The molecule has 2 rings (SSSR count). The molecule has 3 N–H and O–H groups in total. The average Bonchev–Trinajstić information content (AvgIpc) is 2.80. The van der Waals surface area contributed by atoms with Crippen LogP contribution in [-0.2, 0) is 0 Å². The highest BCUT2D eigenvalue weighted by Gasteiger charge is 2.15. The molecule has 1 atom stereocenters. The number of rotatable bonds is 4. The molecule has 1 aromatic rings. The van der Waals surface area contributed by atoms with Crippen LogP contribution in [0.25, 0.3) is 0 Å². The second-order valence-corrected chi connectivity index (χ2v) is 4.59. The molecule has 1 aliphatic heterocycles. The summed E-state index contributed by atoms with van der Waals surface area (Å²) >= 11 is 6.01. The number of carbonyl (C=O) groups is 1. The van der Waals surface area contributed by atoms with Crippen molar-refractivity contribution in [2.45, 2.75) is 6.42 Å². The topological polar surface area (TPSA) is 64.4 Å². The van der Waals surface area contributed by atoms with Crippen LogP contribution in [-0.4, -0.2) is 25.6 Å². The minimum absolute atomic E-state index is 0.393. The number of primary amides is 1. The van der Waals surface area contributed by atoms with Crippen molar-refractivity contribution in [3.05, 3.63) is 28.8 Å². The Morgan fingerprint density at radius 2 is 2.41 bits per heavy atom. The lowest BCUT2D eigenvalue weighted by atomic mass is 10.1. The SMILES string of the molecule is NC(=O)c1ccc(OCC2CCNC2)c(Cl)c1. The molecule has 1 unspecified atom stereocenters. The molecule has 92 valence electrons.